The summed E-state index contributed by atoms with van der Waals surface area (Å²) in [6.45, 7) is 0.580. The van der Waals surface area contributed by atoms with Crippen LogP contribution in [-0.4, -0.2) is 33.7 Å². The van der Waals surface area contributed by atoms with Crippen molar-refractivity contribution in [3.63, 3.8) is 0 Å². The number of carbonyl (C=O) groups excluding carboxylic acids is 1. The molecule has 0 spiro atoms. The number of hydrogen-bond donors (Lipinski definition) is 2. The van der Waals surface area contributed by atoms with Gasteiger partial charge in [-0.25, -0.2) is 0 Å². The second-order valence-electron chi connectivity index (χ2n) is 7.45. The molecular formula is C25H29N2O2+. The van der Waals surface area contributed by atoms with Gasteiger partial charge in [0.15, 0.2) is 0 Å². The highest BCUT2D eigenvalue weighted by molar-refractivity contribution is 5.79. The van der Waals surface area contributed by atoms with Crippen molar-refractivity contribution in [1.29, 1.82) is 0 Å². The lowest BCUT2D eigenvalue weighted by Crippen LogP contribution is -3.07. The SMILES string of the molecule is COc1cccc([C@H](CNC(=O)Cc2ccc(-c3ccccc3)cc2)[NH+](C)C)c1. The van der Waals surface area contributed by atoms with E-state index in [1.165, 1.54) is 10.5 Å². The summed E-state index contributed by atoms with van der Waals surface area (Å²) in [7, 11) is 5.86. The zero-order valence-electron chi connectivity index (χ0n) is 17.3. The molecule has 150 valence electrons. The Labute approximate surface area is 173 Å². The maximum Gasteiger partial charge on any atom is 0.224 e. The molecule has 29 heavy (non-hydrogen) atoms. The second-order valence-corrected chi connectivity index (χ2v) is 7.45. The van der Waals surface area contributed by atoms with Crippen LogP contribution in [0.15, 0.2) is 78.9 Å². The fraction of sp³-hybridized carbons (Fsp3) is 0.240. The predicted molar refractivity (Wildman–Crippen MR) is 117 cm³/mol. The molecule has 0 aromatic heterocycles. The average Bonchev–Trinajstić information content (AvgIpc) is 2.75. The Hall–Kier alpha value is -3.11. The summed E-state index contributed by atoms with van der Waals surface area (Å²) in [5.74, 6) is 0.866. The molecule has 3 rings (SSSR count). The van der Waals surface area contributed by atoms with E-state index in [4.69, 9.17) is 4.74 Å². The highest BCUT2D eigenvalue weighted by Gasteiger charge is 2.19. The lowest BCUT2D eigenvalue weighted by Gasteiger charge is -2.22. The van der Waals surface area contributed by atoms with E-state index in [0.717, 1.165) is 22.4 Å². The zero-order valence-corrected chi connectivity index (χ0v) is 17.3. The van der Waals surface area contributed by atoms with Crippen LogP contribution in [0.1, 0.15) is 17.2 Å². The van der Waals surface area contributed by atoms with Gasteiger partial charge >= 0.3 is 0 Å². The molecular weight excluding hydrogens is 360 g/mol. The van der Waals surface area contributed by atoms with E-state index >= 15 is 0 Å². The lowest BCUT2D eigenvalue weighted by molar-refractivity contribution is -0.890. The van der Waals surface area contributed by atoms with Gasteiger partial charge in [-0.15, -0.1) is 0 Å². The molecule has 4 heteroatoms. The summed E-state index contributed by atoms with van der Waals surface area (Å²) in [4.78, 5) is 13.8. The van der Waals surface area contributed by atoms with Crippen LogP contribution in [0.4, 0.5) is 0 Å². The first kappa shape index (κ1) is 20.6. The topological polar surface area (TPSA) is 42.8 Å². The smallest absolute Gasteiger partial charge is 0.224 e. The molecule has 0 heterocycles. The standard InChI is InChI=1S/C25H28N2O2/c1-27(2)24(22-10-7-11-23(17-22)29-3)18-26-25(28)16-19-12-14-21(15-13-19)20-8-5-4-6-9-20/h4-15,17,24H,16,18H2,1-3H3,(H,26,28)/p+1/t24-/m0/s1. The van der Waals surface area contributed by atoms with Crippen LogP contribution < -0.4 is 15.0 Å². The Morgan fingerprint density at radius 3 is 2.28 bits per heavy atom. The minimum absolute atomic E-state index is 0.0339. The van der Waals surface area contributed by atoms with Gasteiger partial charge in [-0.05, 0) is 28.8 Å². The summed E-state index contributed by atoms with van der Waals surface area (Å²) in [5, 5.41) is 3.09. The van der Waals surface area contributed by atoms with Crippen LogP contribution in [0.2, 0.25) is 0 Å². The molecule has 1 atom stereocenters. The highest BCUT2D eigenvalue weighted by Crippen LogP contribution is 2.20. The van der Waals surface area contributed by atoms with Crippen LogP contribution in [-0.2, 0) is 11.2 Å². The summed E-state index contributed by atoms with van der Waals surface area (Å²) in [6, 6.07) is 26.6. The molecule has 0 aliphatic rings. The number of benzene rings is 3. The molecule has 0 saturated heterocycles. The summed E-state index contributed by atoms with van der Waals surface area (Å²) >= 11 is 0. The first-order valence-electron chi connectivity index (χ1n) is 9.92. The van der Waals surface area contributed by atoms with E-state index in [-0.39, 0.29) is 11.9 Å². The number of ether oxygens (including phenoxy) is 1. The number of quaternary nitrogens is 1. The van der Waals surface area contributed by atoms with E-state index in [1.807, 2.05) is 48.5 Å². The van der Waals surface area contributed by atoms with Gasteiger partial charge in [0.05, 0.1) is 34.2 Å². The number of carbonyl (C=O) groups is 1. The third-order valence-corrected chi connectivity index (χ3v) is 5.12. The van der Waals surface area contributed by atoms with Crippen molar-refractivity contribution >= 4 is 5.91 Å². The fourth-order valence-electron chi connectivity index (χ4n) is 3.42. The van der Waals surface area contributed by atoms with Gasteiger partial charge in [-0.2, -0.15) is 0 Å². The quantitative estimate of drug-likeness (QED) is 0.622. The number of likely N-dealkylation sites (N-methyl/N-ethyl adjacent to an activating group) is 1. The maximum atomic E-state index is 12.5. The third kappa shape index (κ3) is 5.69. The van der Waals surface area contributed by atoms with Crippen molar-refractivity contribution in [2.45, 2.75) is 12.5 Å². The van der Waals surface area contributed by atoms with Crippen molar-refractivity contribution in [2.24, 2.45) is 0 Å². The number of hydrogen-bond acceptors (Lipinski definition) is 2. The fourth-order valence-corrected chi connectivity index (χ4v) is 3.42. The molecule has 0 saturated carbocycles. The van der Waals surface area contributed by atoms with Crippen LogP contribution in [0.5, 0.6) is 5.75 Å². The Morgan fingerprint density at radius 2 is 1.62 bits per heavy atom. The highest BCUT2D eigenvalue weighted by atomic mass is 16.5. The van der Waals surface area contributed by atoms with Gasteiger partial charge in [0.25, 0.3) is 0 Å². The number of rotatable bonds is 8. The van der Waals surface area contributed by atoms with Gasteiger partial charge < -0.3 is 15.0 Å². The van der Waals surface area contributed by atoms with Crippen molar-refractivity contribution in [3.8, 4) is 16.9 Å². The monoisotopic (exact) mass is 389 g/mol. The number of methoxy groups -OCH3 is 1. The number of nitrogens with one attached hydrogen (secondary N) is 2. The maximum absolute atomic E-state index is 12.5. The summed E-state index contributed by atoms with van der Waals surface area (Å²) in [5.41, 5.74) is 4.50. The molecule has 4 nitrogen and oxygen atoms in total. The Bertz CT molecular complexity index is 921. The Morgan fingerprint density at radius 1 is 0.931 bits per heavy atom. The van der Waals surface area contributed by atoms with Crippen LogP contribution >= 0.6 is 0 Å². The minimum atomic E-state index is 0.0339. The van der Waals surface area contributed by atoms with Crippen molar-refractivity contribution in [3.05, 3.63) is 90.0 Å². The molecule has 0 aliphatic carbocycles. The number of amides is 1. The molecule has 2 N–H and O–H groups in total. The van der Waals surface area contributed by atoms with Crippen LogP contribution in [0.25, 0.3) is 11.1 Å². The molecule has 0 bridgehead atoms. The van der Waals surface area contributed by atoms with E-state index in [2.05, 4.69) is 49.7 Å². The van der Waals surface area contributed by atoms with E-state index in [1.54, 1.807) is 7.11 Å². The molecule has 0 fully saturated rings. The Kier molecular flexibility index (Phi) is 7.04. The second kappa shape index (κ2) is 9.89. The minimum Gasteiger partial charge on any atom is -0.497 e. The zero-order chi connectivity index (χ0) is 20.6. The van der Waals surface area contributed by atoms with Gasteiger partial charge in [-0.1, -0.05) is 66.7 Å². The first-order chi connectivity index (χ1) is 14.1. The van der Waals surface area contributed by atoms with E-state index in [0.29, 0.717) is 13.0 Å². The van der Waals surface area contributed by atoms with Crippen molar-refractivity contribution in [1.82, 2.24) is 5.32 Å². The largest absolute Gasteiger partial charge is 0.497 e. The lowest BCUT2D eigenvalue weighted by atomic mass is 10.0. The van der Waals surface area contributed by atoms with E-state index < -0.39 is 0 Å². The van der Waals surface area contributed by atoms with Crippen LogP contribution in [0, 0.1) is 0 Å². The molecule has 0 radical (unpaired) electrons. The average molecular weight is 390 g/mol. The van der Waals surface area contributed by atoms with Gasteiger partial charge in [0.1, 0.15) is 11.8 Å². The normalized spacial score (nSPS) is 11.9. The van der Waals surface area contributed by atoms with Gasteiger partial charge in [-0.3, -0.25) is 4.79 Å². The van der Waals surface area contributed by atoms with Gasteiger partial charge in [0, 0.05) is 5.56 Å². The predicted octanol–water partition coefficient (Wildman–Crippen LogP) is 2.91. The first-order valence-corrected chi connectivity index (χ1v) is 9.92. The van der Waals surface area contributed by atoms with Crippen molar-refractivity contribution < 1.29 is 14.4 Å². The van der Waals surface area contributed by atoms with Crippen LogP contribution in [0.3, 0.4) is 0 Å². The van der Waals surface area contributed by atoms with Gasteiger partial charge in [0.2, 0.25) is 5.91 Å². The van der Waals surface area contributed by atoms with E-state index in [9.17, 15) is 4.79 Å². The van der Waals surface area contributed by atoms with Crippen molar-refractivity contribution in [2.75, 3.05) is 27.7 Å². The summed E-state index contributed by atoms with van der Waals surface area (Å²) < 4.78 is 5.33. The Balaban J connectivity index is 1.59. The molecule has 0 unspecified atom stereocenters. The molecule has 1 amide bonds. The molecule has 3 aromatic rings. The summed E-state index contributed by atoms with van der Waals surface area (Å²) in [6.07, 6.45) is 0.378. The third-order valence-electron chi connectivity index (χ3n) is 5.12. The molecule has 0 aliphatic heterocycles. The molecule has 3 aromatic carbocycles.